The molecule has 0 aliphatic rings. The Bertz CT molecular complexity index is 774. The van der Waals surface area contributed by atoms with Crippen LogP contribution in [0.2, 0.25) is 0 Å². The molecule has 2 aromatic rings. The lowest BCUT2D eigenvalue weighted by atomic mass is 9.79. The Morgan fingerprint density at radius 3 is 2.33 bits per heavy atom. The van der Waals surface area contributed by atoms with Crippen molar-refractivity contribution < 1.29 is 19.5 Å². The van der Waals surface area contributed by atoms with Gasteiger partial charge < -0.3 is 16.2 Å². The second-order valence-corrected chi connectivity index (χ2v) is 5.67. The SMILES string of the molecule is CC(CC(=O)Nc1cccc(C(N)=O)c1)(C(=O)O)c1ccccc1. The van der Waals surface area contributed by atoms with Crippen LogP contribution in [0.15, 0.2) is 54.6 Å². The summed E-state index contributed by atoms with van der Waals surface area (Å²) in [5, 5.41) is 12.2. The van der Waals surface area contributed by atoms with Gasteiger partial charge in [-0.05, 0) is 30.7 Å². The van der Waals surface area contributed by atoms with Crippen molar-refractivity contribution in [1.82, 2.24) is 0 Å². The first kappa shape index (κ1) is 17.2. The Morgan fingerprint density at radius 2 is 1.75 bits per heavy atom. The lowest BCUT2D eigenvalue weighted by Gasteiger charge is -2.24. The zero-order chi connectivity index (χ0) is 17.7. The van der Waals surface area contributed by atoms with Crippen molar-refractivity contribution in [3.05, 3.63) is 65.7 Å². The zero-order valence-corrected chi connectivity index (χ0v) is 13.2. The Kier molecular flexibility index (Phi) is 4.99. The van der Waals surface area contributed by atoms with Gasteiger partial charge in [0, 0.05) is 17.7 Å². The van der Waals surface area contributed by atoms with Crippen LogP contribution in [0, 0.1) is 0 Å². The average Bonchev–Trinajstić information content (AvgIpc) is 2.55. The third kappa shape index (κ3) is 3.78. The number of carboxylic acids is 1. The summed E-state index contributed by atoms with van der Waals surface area (Å²) in [7, 11) is 0. The molecule has 0 spiro atoms. The number of carboxylic acid groups (broad SMARTS) is 1. The first-order valence-corrected chi connectivity index (χ1v) is 7.31. The van der Waals surface area contributed by atoms with Crippen molar-refractivity contribution in [2.75, 3.05) is 5.32 Å². The van der Waals surface area contributed by atoms with E-state index in [0.29, 0.717) is 11.3 Å². The predicted octanol–water partition coefficient (Wildman–Crippen LogP) is 2.16. The number of carbonyl (C=O) groups excluding carboxylic acids is 2. The molecule has 6 heteroatoms. The highest BCUT2D eigenvalue weighted by Gasteiger charge is 2.37. The van der Waals surface area contributed by atoms with Gasteiger partial charge in [0.15, 0.2) is 0 Å². The van der Waals surface area contributed by atoms with E-state index in [-0.39, 0.29) is 12.0 Å². The van der Waals surface area contributed by atoms with Crippen molar-refractivity contribution in [2.45, 2.75) is 18.8 Å². The number of hydrogen-bond donors (Lipinski definition) is 3. The zero-order valence-electron chi connectivity index (χ0n) is 13.2. The molecule has 1 unspecified atom stereocenters. The summed E-state index contributed by atoms with van der Waals surface area (Å²) in [6.45, 7) is 1.50. The maximum absolute atomic E-state index is 12.3. The van der Waals surface area contributed by atoms with Crippen LogP contribution in [0.3, 0.4) is 0 Å². The minimum atomic E-state index is -1.35. The Balaban J connectivity index is 2.19. The van der Waals surface area contributed by atoms with Gasteiger partial charge in [-0.15, -0.1) is 0 Å². The third-order valence-corrected chi connectivity index (χ3v) is 3.83. The van der Waals surface area contributed by atoms with E-state index in [0.717, 1.165) is 0 Å². The fourth-order valence-corrected chi connectivity index (χ4v) is 2.38. The van der Waals surface area contributed by atoms with Gasteiger partial charge in [-0.2, -0.15) is 0 Å². The van der Waals surface area contributed by atoms with Crippen LogP contribution in [-0.2, 0) is 15.0 Å². The Morgan fingerprint density at radius 1 is 1.08 bits per heavy atom. The van der Waals surface area contributed by atoms with Crippen LogP contribution in [0.1, 0.15) is 29.3 Å². The number of primary amides is 1. The van der Waals surface area contributed by atoms with E-state index in [2.05, 4.69) is 5.32 Å². The molecule has 0 saturated carbocycles. The number of amides is 2. The van der Waals surface area contributed by atoms with Gasteiger partial charge in [0.2, 0.25) is 11.8 Å². The number of benzene rings is 2. The van der Waals surface area contributed by atoms with Gasteiger partial charge in [0.25, 0.3) is 0 Å². The van der Waals surface area contributed by atoms with E-state index in [1.807, 2.05) is 0 Å². The van der Waals surface area contributed by atoms with Gasteiger partial charge in [0.05, 0.1) is 5.41 Å². The van der Waals surface area contributed by atoms with Gasteiger partial charge >= 0.3 is 5.97 Å². The standard InChI is InChI=1S/C18H18N2O4/c1-18(17(23)24,13-7-3-2-4-8-13)11-15(21)20-14-9-5-6-12(10-14)16(19)22/h2-10H,11H2,1H3,(H2,19,22)(H,20,21)(H,23,24). The summed E-state index contributed by atoms with van der Waals surface area (Å²) < 4.78 is 0. The molecule has 2 aromatic carbocycles. The molecule has 0 bridgehead atoms. The first-order chi connectivity index (χ1) is 11.3. The molecular weight excluding hydrogens is 308 g/mol. The molecule has 24 heavy (non-hydrogen) atoms. The van der Waals surface area contributed by atoms with Crippen LogP contribution in [0.5, 0.6) is 0 Å². The van der Waals surface area contributed by atoms with Gasteiger partial charge in [-0.1, -0.05) is 36.4 Å². The summed E-state index contributed by atoms with van der Waals surface area (Å²) in [5.74, 6) is -2.16. The molecule has 0 heterocycles. The summed E-state index contributed by atoms with van der Waals surface area (Å²) >= 11 is 0. The first-order valence-electron chi connectivity index (χ1n) is 7.31. The fraction of sp³-hybridized carbons (Fsp3) is 0.167. The molecular formula is C18H18N2O4. The van der Waals surface area contributed by atoms with Crippen molar-refractivity contribution in [2.24, 2.45) is 5.73 Å². The topological polar surface area (TPSA) is 109 Å². The number of nitrogens with one attached hydrogen (secondary N) is 1. The number of carbonyl (C=O) groups is 3. The van der Waals surface area contributed by atoms with Crippen molar-refractivity contribution in [3.63, 3.8) is 0 Å². The van der Waals surface area contributed by atoms with E-state index < -0.39 is 23.2 Å². The molecule has 0 fully saturated rings. The largest absolute Gasteiger partial charge is 0.481 e. The molecule has 6 nitrogen and oxygen atoms in total. The Hall–Kier alpha value is -3.15. The van der Waals surface area contributed by atoms with Crippen molar-refractivity contribution in [3.8, 4) is 0 Å². The lowest BCUT2D eigenvalue weighted by molar-refractivity contribution is -0.145. The normalized spacial score (nSPS) is 12.9. The smallest absolute Gasteiger partial charge is 0.314 e. The molecule has 1 atom stereocenters. The number of aliphatic carboxylic acids is 1. The molecule has 4 N–H and O–H groups in total. The van der Waals surface area contributed by atoms with E-state index in [9.17, 15) is 19.5 Å². The number of nitrogens with two attached hydrogens (primary N) is 1. The monoisotopic (exact) mass is 326 g/mol. The highest BCUT2D eigenvalue weighted by atomic mass is 16.4. The third-order valence-electron chi connectivity index (χ3n) is 3.83. The van der Waals surface area contributed by atoms with Crippen molar-refractivity contribution in [1.29, 1.82) is 0 Å². The summed E-state index contributed by atoms with van der Waals surface area (Å²) in [6, 6.07) is 14.7. The number of anilines is 1. The molecule has 0 aliphatic carbocycles. The van der Waals surface area contributed by atoms with E-state index in [1.165, 1.54) is 19.1 Å². The van der Waals surface area contributed by atoms with E-state index in [4.69, 9.17) is 5.73 Å². The van der Waals surface area contributed by atoms with E-state index >= 15 is 0 Å². The van der Waals surface area contributed by atoms with Crippen LogP contribution in [0.25, 0.3) is 0 Å². The second kappa shape index (κ2) is 6.95. The minimum Gasteiger partial charge on any atom is -0.481 e. The average molecular weight is 326 g/mol. The molecule has 2 rings (SSSR count). The van der Waals surface area contributed by atoms with Crippen LogP contribution in [-0.4, -0.2) is 22.9 Å². The molecule has 0 saturated heterocycles. The maximum Gasteiger partial charge on any atom is 0.314 e. The maximum atomic E-state index is 12.3. The molecule has 2 amide bonds. The molecule has 0 aromatic heterocycles. The minimum absolute atomic E-state index is 0.243. The number of rotatable bonds is 6. The van der Waals surface area contributed by atoms with Gasteiger partial charge in [-0.25, -0.2) is 0 Å². The predicted molar refractivity (Wildman–Crippen MR) is 89.6 cm³/mol. The summed E-state index contributed by atoms with van der Waals surface area (Å²) in [4.78, 5) is 35.2. The van der Waals surface area contributed by atoms with Crippen molar-refractivity contribution >= 4 is 23.5 Å². The van der Waals surface area contributed by atoms with Gasteiger partial charge in [-0.3, -0.25) is 14.4 Å². The molecule has 0 aliphatic heterocycles. The molecule has 124 valence electrons. The van der Waals surface area contributed by atoms with Crippen LogP contribution < -0.4 is 11.1 Å². The second-order valence-electron chi connectivity index (χ2n) is 5.67. The Labute approximate surface area is 139 Å². The summed E-state index contributed by atoms with van der Waals surface area (Å²) in [5.41, 5.74) is 5.03. The quantitative estimate of drug-likeness (QED) is 0.755. The van der Waals surface area contributed by atoms with Crippen LogP contribution >= 0.6 is 0 Å². The summed E-state index contributed by atoms with van der Waals surface area (Å²) in [6.07, 6.45) is -0.243. The van der Waals surface area contributed by atoms with Gasteiger partial charge in [0.1, 0.15) is 0 Å². The number of hydrogen-bond acceptors (Lipinski definition) is 3. The molecule has 0 radical (unpaired) electrons. The highest BCUT2D eigenvalue weighted by molar-refractivity contribution is 5.98. The highest BCUT2D eigenvalue weighted by Crippen LogP contribution is 2.28. The van der Waals surface area contributed by atoms with Crippen LogP contribution in [0.4, 0.5) is 5.69 Å². The lowest BCUT2D eigenvalue weighted by Crippen LogP contribution is -2.36. The van der Waals surface area contributed by atoms with E-state index in [1.54, 1.807) is 42.5 Å². The fourth-order valence-electron chi connectivity index (χ4n) is 2.38.